The van der Waals surface area contributed by atoms with E-state index in [9.17, 15) is 13.2 Å². The summed E-state index contributed by atoms with van der Waals surface area (Å²) in [7, 11) is -3.52. The van der Waals surface area contributed by atoms with E-state index in [-0.39, 0.29) is 11.9 Å². The lowest BCUT2D eigenvalue weighted by molar-refractivity contribution is -0.119. The van der Waals surface area contributed by atoms with E-state index in [1.165, 1.54) is 11.2 Å². The van der Waals surface area contributed by atoms with Gasteiger partial charge >= 0.3 is 0 Å². The van der Waals surface area contributed by atoms with Crippen molar-refractivity contribution in [3.63, 3.8) is 0 Å². The molecule has 0 spiro atoms. The number of nitriles is 1. The van der Waals surface area contributed by atoms with Crippen LogP contribution < -0.4 is 5.32 Å². The number of sulfonamides is 1. The summed E-state index contributed by atoms with van der Waals surface area (Å²) >= 11 is 0. The molecule has 7 heteroatoms. The van der Waals surface area contributed by atoms with Gasteiger partial charge in [-0.3, -0.25) is 4.79 Å². The molecule has 1 atom stereocenters. The maximum Gasteiger partial charge on any atom is 0.230 e. The van der Waals surface area contributed by atoms with Crippen LogP contribution in [0.2, 0.25) is 0 Å². The maximum absolute atomic E-state index is 12.1. The summed E-state index contributed by atoms with van der Waals surface area (Å²) in [5.41, 5.74) is 0. The number of hydrogen-bond acceptors (Lipinski definition) is 4. The third-order valence-corrected chi connectivity index (χ3v) is 5.34. The quantitative estimate of drug-likeness (QED) is 0.793. The fourth-order valence-electron chi connectivity index (χ4n) is 2.09. The van der Waals surface area contributed by atoms with Crippen LogP contribution in [0, 0.1) is 11.3 Å². The highest BCUT2D eigenvalue weighted by atomic mass is 32.2. The van der Waals surface area contributed by atoms with Gasteiger partial charge in [-0.25, -0.2) is 12.7 Å². The van der Waals surface area contributed by atoms with Crippen LogP contribution in [0.5, 0.6) is 0 Å². The molecule has 0 aromatic carbocycles. The summed E-state index contributed by atoms with van der Waals surface area (Å²) in [6, 6.07) is 1.87. The van der Waals surface area contributed by atoms with Crippen LogP contribution in [0.4, 0.5) is 0 Å². The molecule has 0 saturated carbocycles. The Morgan fingerprint density at radius 2 is 2.06 bits per heavy atom. The van der Waals surface area contributed by atoms with Gasteiger partial charge in [0.05, 0.1) is 6.07 Å². The van der Waals surface area contributed by atoms with Crippen molar-refractivity contribution in [2.24, 2.45) is 0 Å². The summed E-state index contributed by atoms with van der Waals surface area (Å²) in [6.45, 7) is 3.87. The Hall–Kier alpha value is -1.13. The minimum atomic E-state index is -3.52. The van der Waals surface area contributed by atoms with Crippen molar-refractivity contribution in [2.45, 2.75) is 44.4 Å². The predicted molar refractivity (Wildman–Crippen MR) is 67.0 cm³/mol. The van der Waals surface area contributed by atoms with E-state index in [2.05, 4.69) is 5.32 Å². The van der Waals surface area contributed by atoms with Crippen LogP contribution >= 0.6 is 0 Å². The molecule has 1 N–H and O–H groups in total. The molecule has 1 unspecified atom stereocenters. The van der Waals surface area contributed by atoms with Crippen molar-refractivity contribution in [2.75, 3.05) is 13.1 Å². The molecular formula is C11H19N3O3S. The van der Waals surface area contributed by atoms with Gasteiger partial charge in [0.25, 0.3) is 0 Å². The zero-order chi connectivity index (χ0) is 13.8. The van der Waals surface area contributed by atoms with Crippen LogP contribution in [-0.4, -0.2) is 43.0 Å². The van der Waals surface area contributed by atoms with E-state index in [1.807, 2.05) is 6.07 Å². The molecule has 1 fully saturated rings. The van der Waals surface area contributed by atoms with Crippen LogP contribution in [-0.2, 0) is 14.8 Å². The molecule has 0 bridgehead atoms. The standard InChI is InChI=1S/C11H19N3O3S/c1-3-11(8-12)18(16,17)14-6-4-10(5-7-14)13-9(2)15/h10-11H,3-7H2,1-2H3,(H,13,15). The van der Waals surface area contributed by atoms with Gasteiger partial charge in [0.1, 0.15) is 0 Å². The van der Waals surface area contributed by atoms with Gasteiger partial charge in [-0.2, -0.15) is 5.26 Å². The molecule has 0 aliphatic carbocycles. The van der Waals surface area contributed by atoms with Crippen molar-refractivity contribution in [1.82, 2.24) is 9.62 Å². The molecule has 0 aromatic rings. The average molecular weight is 273 g/mol. The molecule has 1 amide bonds. The maximum atomic E-state index is 12.1. The van der Waals surface area contributed by atoms with Crippen LogP contribution in [0.3, 0.4) is 0 Å². The smallest absolute Gasteiger partial charge is 0.230 e. The van der Waals surface area contributed by atoms with Gasteiger partial charge in [-0.05, 0) is 19.3 Å². The molecule has 1 rings (SSSR count). The highest BCUT2D eigenvalue weighted by molar-refractivity contribution is 7.90. The molecule has 1 saturated heterocycles. The highest BCUT2D eigenvalue weighted by Gasteiger charge is 2.33. The molecule has 1 heterocycles. The molecule has 0 radical (unpaired) electrons. The van der Waals surface area contributed by atoms with Crippen LogP contribution in [0.15, 0.2) is 0 Å². The lowest BCUT2D eigenvalue weighted by Gasteiger charge is -2.32. The lowest BCUT2D eigenvalue weighted by Crippen LogP contribution is -2.48. The highest BCUT2D eigenvalue weighted by Crippen LogP contribution is 2.18. The molecule has 6 nitrogen and oxygen atoms in total. The second kappa shape index (κ2) is 6.16. The van der Waals surface area contributed by atoms with Crippen molar-refractivity contribution in [3.05, 3.63) is 0 Å². The Morgan fingerprint density at radius 1 is 1.50 bits per heavy atom. The molecule has 1 aliphatic heterocycles. The third kappa shape index (κ3) is 3.43. The van der Waals surface area contributed by atoms with E-state index in [0.29, 0.717) is 32.4 Å². The fourth-order valence-corrected chi connectivity index (χ4v) is 3.72. The minimum Gasteiger partial charge on any atom is -0.354 e. The number of carbonyl (C=O) groups excluding carboxylic acids is 1. The van der Waals surface area contributed by atoms with Crippen LogP contribution in [0.25, 0.3) is 0 Å². The zero-order valence-electron chi connectivity index (χ0n) is 10.7. The largest absolute Gasteiger partial charge is 0.354 e. The van der Waals surface area contributed by atoms with Gasteiger partial charge in [0.15, 0.2) is 5.25 Å². The molecule has 102 valence electrons. The van der Waals surface area contributed by atoms with Crippen LogP contribution in [0.1, 0.15) is 33.1 Å². The molecule has 1 aliphatic rings. The topological polar surface area (TPSA) is 90.3 Å². The Morgan fingerprint density at radius 3 is 2.44 bits per heavy atom. The molecule has 18 heavy (non-hydrogen) atoms. The number of piperidine rings is 1. The summed E-state index contributed by atoms with van der Waals surface area (Å²) in [6.07, 6.45) is 1.49. The monoisotopic (exact) mass is 273 g/mol. The number of nitrogens with one attached hydrogen (secondary N) is 1. The van der Waals surface area contributed by atoms with E-state index in [4.69, 9.17) is 5.26 Å². The SMILES string of the molecule is CCC(C#N)S(=O)(=O)N1CCC(NC(C)=O)CC1. The first-order valence-electron chi connectivity index (χ1n) is 6.07. The third-order valence-electron chi connectivity index (χ3n) is 3.10. The average Bonchev–Trinajstić information content (AvgIpc) is 2.30. The van der Waals surface area contributed by atoms with E-state index in [1.54, 1.807) is 6.92 Å². The van der Waals surface area contributed by atoms with Gasteiger partial charge in [0, 0.05) is 26.1 Å². The second-order valence-electron chi connectivity index (χ2n) is 4.44. The summed E-state index contributed by atoms with van der Waals surface area (Å²) in [5, 5.41) is 10.7. The number of amides is 1. The Labute approximate surface area is 108 Å². The van der Waals surface area contributed by atoms with E-state index < -0.39 is 15.3 Å². The normalized spacial score (nSPS) is 20.1. The summed E-state index contributed by atoms with van der Waals surface area (Å²) in [4.78, 5) is 10.9. The van der Waals surface area contributed by atoms with E-state index >= 15 is 0 Å². The number of hydrogen-bond donors (Lipinski definition) is 1. The Kier molecular flexibility index (Phi) is 5.11. The van der Waals surface area contributed by atoms with Gasteiger partial charge in [0.2, 0.25) is 15.9 Å². The summed E-state index contributed by atoms with van der Waals surface area (Å²) < 4.78 is 25.5. The Balaban J connectivity index is 2.63. The second-order valence-corrected chi connectivity index (χ2v) is 6.56. The fraction of sp³-hybridized carbons (Fsp3) is 0.818. The molecular weight excluding hydrogens is 254 g/mol. The predicted octanol–water partition coefficient (Wildman–Crippen LogP) is 0.219. The lowest BCUT2D eigenvalue weighted by atomic mass is 10.1. The van der Waals surface area contributed by atoms with Crippen molar-refractivity contribution in [3.8, 4) is 6.07 Å². The van der Waals surface area contributed by atoms with Gasteiger partial charge in [-0.15, -0.1) is 0 Å². The van der Waals surface area contributed by atoms with Gasteiger partial charge in [-0.1, -0.05) is 6.92 Å². The van der Waals surface area contributed by atoms with E-state index in [0.717, 1.165) is 0 Å². The van der Waals surface area contributed by atoms with Crippen molar-refractivity contribution in [1.29, 1.82) is 5.26 Å². The summed E-state index contributed by atoms with van der Waals surface area (Å²) in [5.74, 6) is -0.0974. The first-order chi connectivity index (χ1) is 8.41. The number of nitrogens with zero attached hydrogens (tertiary/aromatic N) is 2. The van der Waals surface area contributed by atoms with Gasteiger partial charge < -0.3 is 5.32 Å². The van der Waals surface area contributed by atoms with Crippen molar-refractivity contribution < 1.29 is 13.2 Å². The number of carbonyl (C=O) groups is 1. The van der Waals surface area contributed by atoms with Crippen molar-refractivity contribution >= 4 is 15.9 Å². The Bertz CT molecular complexity index is 433. The molecule has 0 aromatic heterocycles. The first kappa shape index (κ1) is 14.9. The zero-order valence-corrected chi connectivity index (χ0v) is 11.5. The number of rotatable bonds is 4. The first-order valence-corrected chi connectivity index (χ1v) is 7.57. The minimum absolute atomic E-state index is 0.0381.